The van der Waals surface area contributed by atoms with Crippen LogP contribution in [0.1, 0.15) is 43.7 Å². The number of carbonyl (C=O) groups excluding carboxylic acids is 3. The van der Waals surface area contributed by atoms with Gasteiger partial charge in [0.2, 0.25) is 17.7 Å². The van der Waals surface area contributed by atoms with E-state index in [1.165, 1.54) is 11.0 Å². The number of ether oxygens (including phenoxy) is 1. The molecule has 5 atom stereocenters. The Morgan fingerprint density at radius 3 is 2.38 bits per heavy atom. The van der Waals surface area contributed by atoms with Crippen LogP contribution in [0.15, 0.2) is 48.6 Å². The number of hydrogen-bond acceptors (Lipinski definition) is 4. The third-order valence-electron chi connectivity index (χ3n) is 8.75. The van der Waals surface area contributed by atoms with Crippen molar-refractivity contribution in [2.75, 3.05) is 10.2 Å². The van der Waals surface area contributed by atoms with Crippen molar-refractivity contribution in [1.82, 2.24) is 5.32 Å². The minimum absolute atomic E-state index is 0.00492. The molecule has 1 spiro atoms. The summed E-state index contributed by atoms with van der Waals surface area (Å²) in [5, 5.41) is 5.49. The van der Waals surface area contributed by atoms with Crippen molar-refractivity contribution in [2.45, 2.75) is 69.7 Å². The Balaban J connectivity index is 1.43. The van der Waals surface area contributed by atoms with Gasteiger partial charge in [-0.25, -0.2) is 8.78 Å². The molecule has 39 heavy (non-hydrogen) atoms. The Bertz CT molecular complexity index is 1400. The van der Waals surface area contributed by atoms with Crippen molar-refractivity contribution in [2.24, 2.45) is 11.8 Å². The molecule has 1 unspecified atom stereocenters. The highest BCUT2D eigenvalue weighted by molar-refractivity contribution is 6.12. The number of nitrogens with one attached hydrogen (secondary N) is 2. The SMILES string of the molecule is Cc1ccc(N2C(=O)[C@@H]3[C@H](C(=O)Nc4c(F)cccc4F)[C@@]4(C)C=C[C@@]3(O4)C2C(=O)NC2CCCC2)c(C)c1. The molecular formula is C30H31F2N3O4. The molecule has 2 aromatic rings. The number of amides is 3. The number of hydrogen-bond donors (Lipinski definition) is 2. The molecular weight excluding hydrogens is 504 g/mol. The first-order valence-electron chi connectivity index (χ1n) is 13.4. The van der Waals surface area contributed by atoms with Gasteiger partial charge in [0.15, 0.2) is 0 Å². The molecule has 1 saturated carbocycles. The van der Waals surface area contributed by atoms with Crippen LogP contribution in [0.3, 0.4) is 0 Å². The van der Waals surface area contributed by atoms with E-state index in [9.17, 15) is 23.2 Å². The quantitative estimate of drug-likeness (QED) is 0.559. The zero-order valence-electron chi connectivity index (χ0n) is 22.1. The predicted octanol–water partition coefficient (Wildman–Crippen LogP) is 4.32. The molecule has 2 aromatic carbocycles. The number of aryl methyl sites for hydroxylation is 2. The van der Waals surface area contributed by atoms with Crippen molar-refractivity contribution in [3.63, 3.8) is 0 Å². The molecule has 3 aliphatic heterocycles. The molecule has 0 radical (unpaired) electrons. The highest BCUT2D eigenvalue weighted by Crippen LogP contribution is 2.60. The first kappa shape index (κ1) is 25.7. The Hall–Kier alpha value is -3.59. The van der Waals surface area contributed by atoms with Crippen LogP contribution in [0, 0.1) is 37.3 Å². The Morgan fingerprint density at radius 2 is 1.72 bits per heavy atom. The number of nitrogens with zero attached hydrogens (tertiary/aromatic N) is 1. The Morgan fingerprint density at radius 1 is 1.03 bits per heavy atom. The molecule has 0 aromatic heterocycles. The molecule has 3 heterocycles. The van der Waals surface area contributed by atoms with E-state index in [1.807, 2.05) is 26.0 Å². The van der Waals surface area contributed by atoms with Gasteiger partial charge >= 0.3 is 0 Å². The molecule has 2 N–H and O–H groups in total. The average molecular weight is 536 g/mol. The van der Waals surface area contributed by atoms with Gasteiger partial charge in [-0.1, -0.05) is 48.8 Å². The number of rotatable bonds is 5. The van der Waals surface area contributed by atoms with Gasteiger partial charge in [-0.15, -0.1) is 0 Å². The first-order chi connectivity index (χ1) is 18.6. The maximum Gasteiger partial charge on any atom is 0.246 e. The highest BCUT2D eigenvalue weighted by atomic mass is 19.1. The summed E-state index contributed by atoms with van der Waals surface area (Å²) in [6.07, 6.45) is 7.18. The molecule has 3 amide bonds. The average Bonchev–Trinajstić information content (AvgIpc) is 3.61. The van der Waals surface area contributed by atoms with Gasteiger partial charge < -0.3 is 15.4 Å². The fourth-order valence-corrected chi connectivity index (χ4v) is 7.04. The third kappa shape index (κ3) is 3.81. The zero-order valence-corrected chi connectivity index (χ0v) is 22.1. The number of para-hydroxylation sites is 1. The number of anilines is 2. The third-order valence-corrected chi connectivity index (χ3v) is 8.75. The van der Waals surface area contributed by atoms with Crippen LogP contribution < -0.4 is 15.5 Å². The summed E-state index contributed by atoms with van der Waals surface area (Å²) in [6.45, 7) is 5.48. The lowest BCUT2D eigenvalue weighted by Crippen LogP contribution is -2.56. The van der Waals surface area contributed by atoms with E-state index in [0.29, 0.717) is 5.69 Å². The van der Waals surface area contributed by atoms with Crippen molar-refractivity contribution < 1.29 is 27.9 Å². The first-order valence-corrected chi connectivity index (χ1v) is 13.4. The lowest BCUT2D eigenvalue weighted by atomic mass is 9.70. The molecule has 2 bridgehead atoms. The molecule has 1 aliphatic carbocycles. The van der Waals surface area contributed by atoms with E-state index >= 15 is 0 Å². The Kier molecular flexibility index (Phi) is 5.91. The minimum Gasteiger partial charge on any atom is -0.356 e. The van der Waals surface area contributed by atoms with Gasteiger partial charge in [-0.05, 0) is 57.4 Å². The summed E-state index contributed by atoms with van der Waals surface area (Å²) in [5.74, 6) is -5.56. The van der Waals surface area contributed by atoms with Crippen molar-refractivity contribution in [3.05, 3.63) is 71.3 Å². The van der Waals surface area contributed by atoms with E-state index < -0.39 is 58.2 Å². The van der Waals surface area contributed by atoms with Crippen LogP contribution in [0.5, 0.6) is 0 Å². The molecule has 6 rings (SSSR count). The van der Waals surface area contributed by atoms with Gasteiger partial charge in [0.1, 0.15) is 29.0 Å². The van der Waals surface area contributed by atoms with E-state index in [2.05, 4.69) is 10.6 Å². The number of benzene rings is 2. The second-order valence-electron chi connectivity index (χ2n) is 11.4. The van der Waals surface area contributed by atoms with Crippen LogP contribution >= 0.6 is 0 Å². The van der Waals surface area contributed by atoms with Gasteiger partial charge in [-0.3, -0.25) is 19.3 Å². The van der Waals surface area contributed by atoms with Gasteiger partial charge in [0.05, 0.1) is 17.4 Å². The van der Waals surface area contributed by atoms with Crippen molar-refractivity contribution >= 4 is 29.1 Å². The van der Waals surface area contributed by atoms with E-state index in [0.717, 1.165) is 48.9 Å². The standard InChI is InChI=1S/C30H31F2N3O4/c1-16-11-12-21(17(2)15-16)35-25(27(37)33-18-7-4-5-8-18)30-14-13-29(3,39-30)22(23(30)28(35)38)26(36)34-24-19(31)9-6-10-20(24)32/h6,9-15,18,22-23,25H,4-5,7-8H2,1-3H3,(H,33,37)(H,34,36)/t22-,23+,25?,29-,30+/m1/s1. The smallest absolute Gasteiger partial charge is 0.246 e. The van der Waals surface area contributed by atoms with Crippen molar-refractivity contribution in [1.29, 1.82) is 0 Å². The van der Waals surface area contributed by atoms with E-state index in [-0.39, 0.29) is 11.9 Å². The molecule has 7 nitrogen and oxygen atoms in total. The Labute approximate surface area is 225 Å². The van der Waals surface area contributed by atoms with Crippen LogP contribution in [-0.2, 0) is 19.1 Å². The second-order valence-corrected chi connectivity index (χ2v) is 11.4. The van der Waals surface area contributed by atoms with Crippen LogP contribution in [0.25, 0.3) is 0 Å². The number of halogens is 2. The molecule has 204 valence electrons. The summed E-state index contributed by atoms with van der Waals surface area (Å²) in [5.41, 5.74) is -0.877. The van der Waals surface area contributed by atoms with Gasteiger partial charge in [0.25, 0.3) is 0 Å². The van der Waals surface area contributed by atoms with Gasteiger partial charge in [0, 0.05) is 11.7 Å². The topological polar surface area (TPSA) is 87.7 Å². The fourth-order valence-electron chi connectivity index (χ4n) is 7.04. The summed E-state index contributed by atoms with van der Waals surface area (Å²) < 4.78 is 35.3. The summed E-state index contributed by atoms with van der Waals surface area (Å²) in [7, 11) is 0. The van der Waals surface area contributed by atoms with Crippen LogP contribution in [0.4, 0.5) is 20.2 Å². The normalized spacial score (nSPS) is 31.2. The minimum atomic E-state index is -1.42. The van der Waals surface area contributed by atoms with Crippen LogP contribution in [0.2, 0.25) is 0 Å². The fraction of sp³-hybridized carbons (Fsp3) is 0.433. The van der Waals surface area contributed by atoms with Gasteiger partial charge in [-0.2, -0.15) is 0 Å². The summed E-state index contributed by atoms with van der Waals surface area (Å²) in [6, 6.07) is 7.85. The highest BCUT2D eigenvalue weighted by Gasteiger charge is 2.76. The van der Waals surface area contributed by atoms with Crippen LogP contribution in [-0.4, -0.2) is 41.0 Å². The maximum atomic E-state index is 14.4. The summed E-state index contributed by atoms with van der Waals surface area (Å²) >= 11 is 0. The molecule has 9 heteroatoms. The summed E-state index contributed by atoms with van der Waals surface area (Å²) in [4.78, 5) is 43.4. The lowest BCUT2D eigenvalue weighted by Gasteiger charge is -2.34. The zero-order chi connectivity index (χ0) is 27.7. The monoisotopic (exact) mass is 535 g/mol. The van der Waals surface area contributed by atoms with Crippen molar-refractivity contribution in [3.8, 4) is 0 Å². The van der Waals surface area contributed by atoms with E-state index in [1.54, 1.807) is 25.1 Å². The van der Waals surface area contributed by atoms with E-state index in [4.69, 9.17) is 4.74 Å². The number of fused-ring (bicyclic) bond motifs is 1. The lowest BCUT2D eigenvalue weighted by molar-refractivity contribution is -0.131. The molecule has 2 saturated heterocycles. The molecule has 3 fully saturated rings. The molecule has 4 aliphatic rings. The second kappa shape index (κ2) is 8.98. The maximum absolute atomic E-state index is 14.4. The number of carbonyl (C=O) groups is 3. The largest absolute Gasteiger partial charge is 0.356 e. The predicted molar refractivity (Wildman–Crippen MR) is 141 cm³/mol.